The molecule has 0 saturated carbocycles. The first kappa shape index (κ1) is 14.7. The molecular weight excluding hydrogens is 290 g/mol. The van der Waals surface area contributed by atoms with Crippen molar-refractivity contribution in [2.45, 2.75) is 13.8 Å². The van der Waals surface area contributed by atoms with Crippen LogP contribution in [0.15, 0.2) is 43.0 Å². The van der Waals surface area contributed by atoms with Gasteiger partial charge in [-0.1, -0.05) is 6.07 Å². The van der Waals surface area contributed by atoms with Gasteiger partial charge in [0.15, 0.2) is 11.6 Å². The Morgan fingerprint density at radius 1 is 0.826 bits per heavy atom. The number of nitrogens with two attached hydrogens (primary N) is 1. The SMILES string of the molecule is Cc1ccc(Nc2ncnc(Nc3cc(C)ccn3)c2N)nc1. The summed E-state index contributed by atoms with van der Waals surface area (Å²) in [6.07, 6.45) is 4.94. The number of rotatable bonds is 4. The van der Waals surface area contributed by atoms with E-state index in [2.05, 4.69) is 30.6 Å². The second kappa shape index (κ2) is 6.27. The van der Waals surface area contributed by atoms with E-state index in [1.165, 1.54) is 6.33 Å². The van der Waals surface area contributed by atoms with E-state index in [-0.39, 0.29) is 0 Å². The summed E-state index contributed by atoms with van der Waals surface area (Å²) in [6.45, 7) is 3.97. The molecule has 23 heavy (non-hydrogen) atoms. The van der Waals surface area contributed by atoms with Gasteiger partial charge in [-0.3, -0.25) is 0 Å². The molecule has 0 aliphatic carbocycles. The Labute approximate surface area is 134 Å². The van der Waals surface area contributed by atoms with Gasteiger partial charge in [-0.15, -0.1) is 0 Å². The second-order valence-electron chi connectivity index (χ2n) is 5.17. The maximum atomic E-state index is 6.14. The fourth-order valence-corrected chi connectivity index (χ4v) is 1.98. The Balaban J connectivity index is 1.84. The van der Waals surface area contributed by atoms with Crippen LogP contribution in [0.1, 0.15) is 11.1 Å². The van der Waals surface area contributed by atoms with Crippen LogP contribution in [0, 0.1) is 13.8 Å². The van der Waals surface area contributed by atoms with Crippen LogP contribution in [-0.2, 0) is 0 Å². The predicted octanol–water partition coefficient (Wildman–Crippen LogP) is 2.95. The lowest BCUT2D eigenvalue weighted by molar-refractivity contribution is 1.15. The molecule has 4 N–H and O–H groups in total. The molecular formula is C16H17N7. The third-order valence-corrected chi connectivity index (χ3v) is 3.20. The van der Waals surface area contributed by atoms with Gasteiger partial charge in [-0.2, -0.15) is 0 Å². The smallest absolute Gasteiger partial charge is 0.160 e. The first-order chi connectivity index (χ1) is 11.1. The van der Waals surface area contributed by atoms with Gasteiger partial charge < -0.3 is 16.4 Å². The Morgan fingerprint density at radius 3 is 2.22 bits per heavy atom. The van der Waals surface area contributed by atoms with Gasteiger partial charge in [0, 0.05) is 12.4 Å². The van der Waals surface area contributed by atoms with Crippen molar-refractivity contribution in [3.63, 3.8) is 0 Å². The van der Waals surface area contributed by atoms with Crippen LogP contribution in [0.2, 0.25) is 0 Å². The lowest BCUT2D eigenvalue weighted by atomic mass is 10.3. The second-order valence-corrected chi connectivity index (χ2v) is 5.17. The molecule has 0 aliphatic heterocycles. The highest BCUT2D eigenvalue weighted by Gasteiger charge is 2.09. The summed E-state index contributed by atoms with van der Waals surface area (Å²) in [5.74, 6) is 2.33. The molecule has 0 amide bonds. The van der Waals surface area contributed by atoms with Gasteiger partial charge in [-0.05, 0) is 43.2 Å². The van der Waals surface area contributed by atoms with Gasteiger partial charge in [-0.25, -0.2) is 19.9 Å². The van der Waals surface area contributed by atoms with Crippen molar-refractivity contribution in [2.75, 3.05) is 16.4 Å². The summed E-state index contributed by atoms with van der Waals surface area (Å²) >= 11 is 0. The van der Waals surface area contributed by atoms with Crippen molar-refractivity contribution in [2.24, 2.45) is 0 Å². The largest absolute Gasteiger partial charge is 0.393 e. The van der Waals surface area contributed by atoms with E-state index < -0.39 is 0 Å². The molecule has 0 bridgehead atoms. The summed E-state index contributed by atoms with van der Waals surface area (Å²) < 4.78 is 0. The number of hydrogen-bond acceptors (Lipinski definition) is 7. The van der Waals surface area contributed by atoms with Crippen molar-refractivity contribution in [3.05, 3.63) is 54.1 Å². The van der Waals surface area contributed by atoms with Gasteiger partial charge in [0.05, 0.1) is 0 Å². The minimum absolute atomic E-state index is 0.401. The monoisotopic (exact) mass is 307 g/mol. The number of hydrogen-bond donors (Lipinski definition) is 3. The summed E-state index contributed by atoms with van der Waals surface area (Å²) in [7, 11) is 0. The van der Waals surface area contributed by atoms with E-state index in [1.807, 2.05) is 38.1 Å². The number of pyridine rings is 2. The summed E-state index contributed by atoms with van der Waals surface area (Å²) in [5, 5.41) is 6.19. The number of nitrogens with one attached hydrogen (secondary N) is 2. The molecule has 0 aliphatic rings. The number of nitrogens with zero attached hydrogens (tertiary/aromatic N) is 4. The normalized spacial score (nSPS) is 10.3. The fourth-order valence-electron chi connectivity index (χ4n) is 1.98. The van der Waals surface area contributed by atoms with Crippen molar-refractivity contribution in [1.29, 1.82) is 0 Å². The minimum Gasteiger partial charge on any atom is -0.393 e. The van der Waals surface area contributed by atoms with Gasteiger partial charge in [0.25, 0.3) is 0 Å². The zero-order valence-corrected chi connectivity index (χ0v) is 12.9. The first-order valence-electron chi connectivity index (χ1n) is 7.11. The van der Waals surface area contributed by atoms with Crippen LogP contribution in [0.25, 0.3) is 0 Å². The number of anilines is 5. The first-order valence-corrected chi connectivity index (χ1v) is 7.11. The molecule has 3 aromatic rings. The minimum atomic E-state index is 0.401. The Bertz CT molecular complexity index is 815. The highest BCUT2D eigenvalue weighted by atomic mass is 15.1. The maximum Gasteiger partial charge on any atom is 0.160 e. The topological polar surface area (TPSA) is 102 Å². The highest BCUT2D eigenvalue weighted by molar-refractivity contribution is 5.79. The molecule has 7 nitrogen and oxygen atoms in total. The van der Waals surface area contributed by atoms with Gasteiger partial charge in [0.1, 0.15) is 23.7 Å². The van der Waals surface area contributed by atoms with E-state index in [0.717, 1.165) is 11.1 Å². The van der Waals surface area contributed by atoms with Crippen molar-refractivity contribution in [1.82, 2.24) is 19.9 Å². The molecule has 0 aromatic carbocycles. The fraction of sp³-hybridized carbons (Fsp3) is 0.125. The Kier molecular flexibility index (Phi) is 4.01. The molecule has 3 heterocycles. The van der Waals surface area contributed by atoms with Gasteiger partial charge >= 0.3 is 0 Å². The molecule has 0 unspecified atom stereocenters. The van der Waals surface area contributed by atoms with Gasteiger partial charge in [0.2, 0.25) is 0 Å². The average molecular weight is 307 g/mol. The predicted molar refractivity (Wildman–Crippen MR) is 91.0 cm³/mol. The van der Waals surface area contributed by atoms with Crippen molar-refractivity contribution >= 4 is 29.0 Å². The Morgan fingerprint density at radius 2 is 1.57 bits per heavy atom. The molecule has 0 fully saturated rings. The third kappa shape index (κ3) is 3.52. The van der Waals surface area contributed by atoms with E-state index >= 15 is 0 Å². The Hall–Kier alpha value is -3.22. The third-order valence-electron chi connectivity index (χ3n) is 3.20. The average Bonchev–Trinajstić information content (AvgIpc) is 2.53. The van der Waals surface area contributed by atoms with E-state index in [1.54, 1.807) is 12.4 Å². The summed E-state index contributed by atoms with van der Waals surface area (Å²) in [6, 6.07) is 7.66. The molecule has 3 aromatic heterocycles. The zero-order chi connectivity index (χ0) is 16.2. The molecule has 7 heteroatoms. The highest BCUT2D eigenvalue weighted by Crippen LogP contribution is 2.27. The van der Waals surface area contributed by atoms with E-state index in [4.69, 9.17) is 5.73 Å². The molecule has 0 saturated heterocycles. The molecule has 116 valence electrons. The van der Waals surface area contributed by atoms with Crippen LogP contribution in [0.4, 0.5) is 29.0 Å². The molecule has 3 rings (SSSR count). The van der Waals surface area contributed by atoms with Crippen LogP contribution in [-0.4, -0.2) is 19.9 Å². The molecule has 0 atom stereocenters. The maximum absolute atomic E-state index is 6.14. The summed E-state index contributed by atoms with van der Waals surface area (Å²) in [5.41, 5.74) is 8.72. The van der Waals surface area contributed by atoms with Crippen LogP contribution < -0.4 is 16.4 Å². The number of nitrogen functional groups attached to an aromatic ring is 1. The quantitative estimate of drug-likeness (QED) is 0.681. The lowest BCUT2D eigenvalue weighted by Crippen LogP contribution is -2.06. The van der Waals surface area contributed by atoms with Crippen LogP contribution in [0.5, 0.6) is 0 Å². The number of aryl methyl sites for hydroxylation is 2. The summed E-state index contributed by atoms with van der Waals surface area (Å²) in [4.78, 5) is 16.9. The van der Waals surface area contributed by atoms with Crippen LogP contribution in [0.3, 0.4) is 0 Å². The van der Waals surface area contributed by atoms with Crippen molar-refractivity contribution in [3.8, 4) is 0 Å². The van der Waals surface area contributed by atoms with Crippen molar-refractivity contribution < 1.29 is 0 Å². The number of aromatic nitrogens is 4. The zero-order valence-electron chi connectivity index (χ0n) is 12.9. The standard InChI is InChI=1S/C16H17N7/c1-10-5-6-18-13(7-10)23-16-14(17)15(20-9-21-16)22-12-4-3-11(2)8-19-12/h3-9H,17H2,1-2H3,(H2,18,19,20,21,22,23). The molecule has 0 spiro atoms. The van der Waals surface area contributed by atoms with Crippen LogP contribution >= 0.6 is 0 Å². The van der Waals surface area contributed by atoms with E-state index in [0.29, 0.717) is 29.0 Å². The lowest BCUT2D eigenvalue weighted by Gasteiger charge is -2.12. The molecule has 0 radical (unpaired) electrons. The van der Waals surface area contributed by atoms with E-state index in [9.17, 15) is 0 Å².